The molecular weight excluding hydrogens is 204 g/mol. The molecule has 0 aliphatic carbocycles. The van der Waals surface area contributed by atoms with E-state index < -0.39 is 6.10 Å². The number of aryl methyl sites for hydroxylation is 1. The van der Waals surface area contributed by atoms with Crippen LogP contribution in [0.1, 0.15) is 17.0 Å². The number of ether oxygens (including phenoxy) is 1. The Morgan fingerprint density at radius 2 is 2.38 bits per heavy atom. The lowest BCUT2D eigenvalue weighted by Gasteiger charge is -2.18. The van der Waals surface area contributed by atoms with Crippen LogP contribution in [0.4, 0.5) is 5.69 Å². The third-order valence-corrected chi connectivity index (χ3v) is 3.22. The topological polar surface area (TPSA) is 67.5 Å². The van der Waals surface area contributed by atoms with Gasteiger partial charge in [0.1, 0.15) is 5.75 Å². The predicted molar refractivity (Wildman–Crippen MR) is 64.0 cm³/mol. The minimum atomic E-state index is -0.500. The van der Waals surface area contributed by atoms with Crippen LogP contribution in [0.2, 0.25) is 0 Å². The second-order valence-corrected chi connectivity index (χ2v) is 4.16. The first kappa shape index (κ1) is 11.2. The number of rotatable bonds is 3. The van der Waals surface area contributed by atoms with Crippen LogP contribution in [0.15, 0.2) is 12.1 Å². The van der Waals surface area contributed by atoms with Crippen molar-refractivity contribution >= 4 is 5.69 Å². The van der Waals surface area contributed by atoms with E-state index in [0.717, 1.165) is 23.5 Å². The monoisotopic (exact) mass is 222 g/mol. The lowest BCUT2D eigenvalue weighted by Crippen LogP contribution is -2.28. The van der Waals surface area contributed by atoms with Gasteiger partial charge < -0.3 is 20.9 Å². The lowest BCUT2D eigenvalue weighted by molar-refractivity contribution is 0.157. The molecule has 2 unspecified atom stereocenters. The fraction of sp³-hybridized carbons (Fsp3) is 0.500. The van der Waals surface area contributed by atoms with Crippen LogP contribution in [0, 0.1) is 6.92 Å². The molecule has 0 saturated heterocycles. The zero-order valence-electron chi connectivity index (χ0n) is 9.66. The standard InChI is InChI=1S/C12H18N2O2/c1-7-3-4-10(16-2)12-11(7)8(6-14-12)9(15)5-13/h3-4,8-9,14-15H,5-6,13H2,1-2H3. The minimum absolute atomic E-state index is 0.0649. The smallest absolute Gasteiger partial charge is 0.142 e. The van der Waals surface area contributed by atoms with E-state index in [2.05, 4.69) is 5.32 Å². The number of nitrogens with one attached hydrogen (secondary N) is 1. The maximum absolute atomic E-state index is 9.89. The van der Waals surface area contributed by atoms with Crippen molar-refractivity contribution < 1.29 is 9.84 Å². The Kier molecular flexibility index (Phi) is 3.03. The molecule has 1 heterocycles. The van der Waals surface area contributed by atoms with E-state index >= 15 is 0 Å². The maximum Gasteiger partial charge on any atom is 0.142 e. The Labute approximate surface area is 95.4 Å². The summed E-state index contributed by atoms with van der Waals surface area (Å²) in [5, 5.41) is 13.2. The summed E-state index contributed by atoms with van der Waals surface area (Å²) in [4.78, 5) is 0. The zero-order chi connectivity index (χ0) is 11.7. The van der Waals surface area contributed by atoms with Crippen LogP contribution in [0.25, 0.3) is 0 Å². The van der Waals surface area contributed by atoms with Crippen molar-refractivity contribution in [3.63, 3.8) is 0 Å². The quantitative estimate of drug-likeness (QED) is 0.708. The lowest BCUT2D eigenvalue weighted by atomic mass is 9.91. The molecule has 0 radical (unpaired) electrons. The predicted octanol–water partition coefficient (Wildman–Crippen LogP) is 0.832. The maximum atomic E-state index is 9.89. The third-order valence-electron chi connectivity index (χ3n) is 3.22. The Balaban J connectivity index is 2.45. The summed E-state index contributed by atoms with van der Waals surface area (Å²) < 4.78 is 5.30. The van der Waals surface area contributed by atoms with Gasteiger partial charge in [0.05, 0.1) is 18.9 Å². The van der Waals surface area contributed by atoms with E-state index in [0.29, 0.717) is 0 Å². The van der Waals surface area contributed by atoms with Crippen molar-refractivity contribution in [3.8, 4) is 5.75 Å². The third kappa shape index (κ3) is 1.64. The first-order valence-corrected chi connectivity index (χ1v) is 5.48. The van der Waals surface area contributed by atoms with E-state index in [1.54, 1.807) is 7.11 Å². The average Bonchev–Trinajstić information content (AvgIpc) is 2.74. The van der Waals surface area contributed by atoms with E-state index in [-0.39, 0.29) is 12.5 Å². The number of fused-ring (bicyclic) bond motifs is 1. The van der Waals surface area contributed by atoms with Crippen LogP contribution in [0.3, 0.4) is 0 Å². The van der Waals surface area contributed by atoms with Gasteiger partial charge in [0, 0.05) is 19.0 Å². The second kappa shape index (κ2) is 4.31. The van der Waals surface area contributed by atoms with Crippen molar-refractivity contribution in [2.45, 2.75) is 18.9 Å². The molecule has 0 bridgehead atoms. The molecule has 1 aromatic rings. The van der Waals surface area contributed by atoms with E-state index in [1.165, 1.54) is 5.56 Å². The molecular formula is C12H18N2O2. The van der Waals surface area contributed by atoms with Crippen molar-refractivity contribution in [2.75, 3.05) is 25.5 Å². The molecule has 0 fully saturated rings. The van der Waals surface area contributed by atoms with Gasteiger partial charge in [-0.05, 0) is 24.1 Å². The summed E-state index contributed by atoms with van der Waals surface area (Å²) in [7, 11) is 1.65. The van der Waals surface area contributed by atoms with Gasteiger partial charge in [-0.1, -0.05) is 6.07 Å². The number of benzene rings is 1. The van der Waals surface area contributed by atoms with Crippen LogP contribution >= 0.6 is 0 Å². The summed E-state index contributed by atoms with van der Waals surface area (Å²) in [6.07, 6.45) is -0.500. The molecule has 2 rings (SSSR count). The molecule has 88 valence electrons. The van der Waals surface area contributed by atoms with Crippen molar-refractivity contribution in [2.24, 2.45) is 5.73 Å². The minimum Gasteiger partial charge on any atom is -0.495 e. The molecule has 1 aliphatic rings. The molecule has 0 amide bonds. The molecule has 4 N–H and O–H groups in total. The molecule has 4 heteroatoms. The zero-order valence-corrected chi connectivity index (χ0v) is 9.66. The average molecular weight is 222 g/mol. The molecule has 16 heavy (non-hydrogen) atoms. The summed E-state index contributed by atoms with van der Waals surface area (Å²) >= 11 is 0. The SMILES string of the molecule is COc1ccc(C)c2c1NCC2C(O)CN. The molecule has 1 aliphatic heterocycles. The van der Waals surface area contributed by atoms with Crippen LogP contribution in [-0.2, 0) is 0 Å². The van der Waals surface area contributed by atoms with Gasteiger partial charge in [-0.3, -0.25) is 0 Å². The van der Waals surface area contributed by atoms with Crippen LogP contribution in [0.5, 0.6) is 5.75 Å². The Hall–Kier alpha value is -1.26. The van der Waals surface area contributed by atoms with Crippen molar-refractivity contribution in [3.05, 3.63) is 23.3 Å². The largest absolute Gasteiger partial charge is 0.495 e. The van der Waals surface area contributed by atoms with Gasteiger partial charge in [-0.25, -0.2) is 0 Å². The highest BCUT2D eigenvalue weighted by Gasteiger charge is 2.31. The Morgan fingerprint density at radius 3 is 3.00 bits per heavy atom. The van der Waals surface area contributed by atoms with Crippen LogP contribution < -0.4 is 15.8 Å². The van der Waals surface area contributed by atoms with Gasteiger partial charge in [0.15, 0.2) is 0 Å². The number of aliphatic hydroxyl groups is 1. The normalized spacial score (nSPS) is 20.1. The molecule has 2 atom stereocenters. The Morgan fingerprint density at radius 1 is 1.62 bits per heavy atom. The van der Waals surface area contributed by atoms with Gasteiger partial charge in [-0.2, -0.15) is 0 Å². The fourth-order valence-electron chi connectivity index (χ4n) is 2.34. The molecule has 1 aromatic carbocycles. The first-order chi connectivity index (χ1) is 7.69. The molecule has 0 saturated carbocycles. The number of anilines is 1. The molecule has 0 spiro atoms. The van der Waals surface area contributed by atoms with Gasteiger partial charge in [0.25, 0.3) is 0 Å². The summed E-state index contributed by atoms with van der Waals surface area (Å²) in [5.74, 6) is 0.891. The van der Waals surface area contributed by atoms with Crippen LogP contribution in [-0.4, -0.2) is 31.4 Å². The summed E-state index contributed by atoms with van der Waals surface area (Å²) in [5.41, 5.74) is 8.82. The van der Waals surface area contributed by atoms with Gasteiger partial charge in [-0.15, -0.1) is 0 Å². The fourth-order valence-corrected chi connectivity index (χ4v) is 2.34. The summed E-state index contributed by atoms with van der Waals surface area (Å²) in [6, 6.07) is 3.96. The molecule has 4 nitrogen and oxygen atoms in total. The van der Waals surface area contributed by atoms with Crippen molar-refractivity contribution in [1.29, 1.82) is 0 Å². The highest BCUT2D eigenvalue weighted by atomic mass is 16.5. The number of hydrogen-bond donors (Lipinski definition) is 3. The highest BCUT2D eigenvalue weighted by Crippen LogP contribution is 2.41. The number of methoxy groups -OCH3 is 1. The van der Waals surface area contributed by atoms with E-state index in [9.17, 15) is 5.11 Å². The van der Waals surface area contributed by atoms with Crippen molar-refractivity contribution in [1.82, 2.24) is 0 Å². The molecule has 0 aromatic heterocycles. The van der Waals surface area contributed by atoms with E-state index in [1.807, 2.05) is 19.1 Å². The second-order valence-electron chi connectivity index (χ2n) is 4.16. The Bertz CT molecular complexity index is 393. The first-order valence-electron chi connectivity index (χ1n) is 5.48. The van der Waals surface area contributed by atoms with Gasteiger partial charge in [0.2, 0.25) is 0 Å². The number of hydrogen-bond acceptors (Lipinski definition) is 4. The highest BCUT2D eigenvalue weighted by molar-refractivity contribution is 5.69. The number of aliphatic hydroxyl groups excluding tert-OH is 1. The van der Waals surface area contributed by atoms with Gasteiger partial charge >= 0.3 is 0 Å². The number of nitrogens with two attached hydrogens (primary N) is 1. The van der Waals surface area contributed by atoms with E-state index in [4.69, 9.17) is 10.5 Å². The summed E-state index contributed by atoms with van der Waals surface area (Å²) in [6.45, 7) is 3.04.